The van der Waals surface area contributed by atoms with Crippen molar-refractivity contribution in [3.05, 3.63) is 75.8 Å². The van der Waals surface area contributed by atoms with Gasteiger partial charge in [0.05, 0.1) is 17.3 Å². The summed E-state index contributed by atoms with van der Waals surface area (Å²) in [6.07, 6.45) is 3.16. The van der Waals surface area contributed by atoms with E-state index in [-0.39, 0.29) is 0 Å². The highest BCUT2D eigenvalue weighted by atomic mass is 35.5. The topological polar surface area (TPSA) is 43.1 Å². The molecular weight excluding hydrogens is 399 g/mol. The number of nitrogens with zero attached hydrogens (tertiary/aromatic N) is 4. The zero-order valence-corrected chi connectivity index (χ0v) is 16.0. The third-order valence-electron chi connectivity index (χ3n) is 3.25. The molecule has 3 rings (SSSR count). The largest absolute Gasteiger partial charge is 0.246 e. The minimum absolute atomic E-state index is 0.526. The molecule has 0 amide bonds. The molecule has 0 radical (unpaired) electrons. The fourth-order valence-corrected chi connectivity index (χ4v) is 3.67. The molecule has 0 aliphatic carbocycles. The maximum atomic E-state index is 6.25. The molecule has 0 atom stereocenters. The van der Waals surface area contributed by atoms with E-state index in [4.69, 9.17) is 39.8 Å². The highest BCUT2D eigenvalue weighted by Crippen LogP contribution is 2.27. The van der Waals surface area contributed by atoms with E-state index in [2.05, 4.69) is 10.1 Å². The van der Waals surface area contributed by atoms with E-state index in [1.54, 1.807) is 28.8 Å². The smallest absolute Gasteiger partial charge is 0.137 e. The molecule has 0 saturated carbocycles. The van der Waals surface area contributed by atoms with Gasteiger partial charge in [0.25, 0.3) is 0 Å². The van der Waals surface area contributed by atoms with Gasteiger partial charge in [-0.3, -0.25) is 0 Å². The van der Waals surface area contributed by atoms with Crippen LogP contribution in [-0.2, 0) is 12.3 Å². The third-order valence-corrected chi connectivity index (χ3v) is 5.10. The van der Waals surface area contributed by atoms with Crippen LogP contribution in [0.3, 0.4) is 0 Å². The molecule has 1 heterocycles. The fourth-order valence-electron chi connectivity index (χ4n) is 2.03. The van der Waals surface area contributed by atoms with E-state index in [9.17, 15) is 0 Å². The first-order valence-corrected chi connectivity index (χ1v) is 9.44. The second-order valence-corrected chi connectivity index (χ2v) is 7.43. The summed E-state index contributed by atoms with van der Waals surface area (Å²) in [4.78, 5) is 8.67. The summed E-state index contributed by atoms with van der Waals surface area (Å²) in [5.41, 5.74) is 1.83. The van der Waals surface area contributed by atoms with Crippen molar-refractivity contribution in [1.29, 1.82) is 0 Å². The summed E-state index contributed by atoms with van der Waals surface area (Å²) >= 11 is 19.7. The van der Waals surface area contributed by atoms with Crippen molar-refractivity contribution in [3.63, 3.8) is 0 Å². The molecular formula is C17H13Cl3N4S. The van der Waals surface area contributed by atoms with Crippen LogP contribution < -0.4 is 0 Å². The highest BCUT2D eigenvalue weighted by Gasteiger charge is 2.08. The van der Waals surface area contributed by atoms with Crippen LogP contribution in [0.1, 0.15) is 5.56 Å². The predicted molar refractivity (Wildman–Crippen MR) is 106 cm³/mol. The molecule has 4 nitrogen and oxygen atoms in total. The Labute approximate surface area is 164 Å². The Morgan fingerprint density at radius 3 is 2.48 bits per heavy atom. The Bertz CT molecular complexity index is 864. The standard InChI is InChI=1S/C17H13Cl3N4S/c18-13-3-5-15(6-4-13)23-17(8-24-11-21-10-22-24)25-9-12-1-2-14(19)7-16(12)20/h1-7,10-11H,8-9H2. The Morgan fingerprint density at radius 2 is 1.80 bits per heavy atom. The first-order chi connectivity index (χ1) is 12.1. The molecule has 8 heteroatoms. The molecule has 0 fully saturated rings. The van der Waals surface area contributed by atoms with Gasteiger partial charge in [-0.2, -0.15) is 5.10 Å². The molecule has 0 N–H and O–H groups in total. The molecule has 25 heavy (non-hydrogen) atoms. The highest BCUT2D eigenvalue weighted by molar-refractivity contribution is 8.13. The van der Waals surface area contributed by atoms with Crippen LogP contribution in [0.4, 0.5) is 5.69 Å². The molecule has 1 aromatic heterocycles. The predicted octanol–water partition coefficient (Wildman–Crippen LogP) is 5.90. The zero-order valence-electron chi connectivity index (χ0n) is 12.9. The van der Waals surface area contributed by atoms with E-state index in [1.165, 1.54) is 6.33 Å². The maximum absolute atomic E-state index is 6.25. The summed E-state index contributed by atoms with van der Waals surface area (Å²) in [6.45, 7) is 0.526. The van der Waals surface area contributed by atoms with Crippen LogP contribution in [0, 0.1) is 0 Å². The minimum Gasteiger partial charge on any atom is -0.246 e. The van der Waals surface area contributed by atoms with Crippen LogP contribution in [0.5, 0.6) is 0 Å². The number of hydrogen-bond acceptors (Lipinski definition) is 4. The van der Waals surface area contributed by atoms with Gasteiger partial charge in [0, 0.05) is 20.8 Å². The van der Waals surface area contributed by atoms with Gasteiger partial charge in [0.2, 0.25) is 0 Å². The molecule has 2 aromatic carbocycles. The van der Waals surface area contributed by atoms with Gasteiger partial charge in [0.1, 0.15) is 12.7 Å². The van der Waals surface area contributed by atoms with Crippen LogP contribution >= 0.6 is 46.6 Å². The minimum atomic E-state index is 0.526. The summed E-state index contributed by atoms with van der Waals surface area (Å²) in [6, 6.07) is 12.9. The van der Waals surface area contributed by atoms with Gasteiger partial charge in [0.15, 0.2) is 0 Å². The van der Waals surface area contributed by atoms with Crippen molar-refractivity contribution >= 4 is 57.3 Å². The van der Waals surface area contributed by atoms with Crippen molar-refractivity contribution in [2.24, 2.45) is 4.99 Å². The average Bonchev–Trinajstić information content (AvgIpc) is 3.09. The lowest BCUT2D eigenvalue weighted by Gasteiger charge is -2.08. The first kappa shape index (κ1) is 18.3. The molecule has 128 valence electrons. The van der Waals surface area contributed by atoms with Crippen LogP contribution in [0.15, 0.2) is 60.1 Å². The Morgan fingerprint density at radius 1 is 1.04 bits per heavy atom. The monoisotopic (exact) mass is 410 g/mol. The second kappa shape index (κ2) is 8.72. The lowest BCUT2D eigenvalue weighted by atomic mass is 10.2. The van der Waals surface area contributed by atoms with E-state index >= 15 is 0 Å². The van der Waals surface area contributed by atoms with Crippen LogP contribution in [0.25, 0.3) is 0 Å². The van der Waals surface area contributed by atoms with Crippen molar-refractivity contribution in [2.75, 3.05) is 0 Å². The van der Waals surface area contributed by atoms with E-state index in [1.807, 2.05) is 36.4 Å². The first-order valence-electron chi connectivity index (χ1n) is 7.32. The number of aromatic nitrogens is 3. The van der Waals surface area contributed by atoms with Crippen LogP contribution in [-0.4, -0.2) is 19.8 Å². The Kier molecular flexibility index (Phi) is 6.37. The lowest BCUT2D eigenvalue weighted by molar-refractivity contribution is 0.727. The van der Waals surface area contributed by atoms with E-state index in [0.29, 0.717) is 27.4 Å². The molecule has 0 bridgehead atoms. The fraction of sp³-hybridized carbons (Fsp3) is 0.118. The Hall–Kier alpha value is -1.53. The number of aliphatic imine (C=N–C) groups is 1. The van der Waals surface area contributed by atoms with Gasteiger partial charge in [-0.15, -0.1) is 11.8 Å². The number of rotatable bonds is 5. The number of hydrogen-bond donors (Lipinski definition) is 0. The molecule has 0 unspecified atom stereocenters. The summed E-state index contributed by atoms with van der Waals surface area (Å²) < 4.78 is 1.73. The van der Waals surface area contributed by atoms with Gasteiger partial charge < -0.3 is 0 Å². The van der Waals surface area contributed by atoms with Crippen LogP contribution in [0.2, 0.25) is 15.1 Å². The molecule has 0 spiro atoms. The summed E-state index contributed by atoms with van der Waals surface area (Å²) in [5, 5.41) is 6.98. The molecule has 3 aromatic rings. The van der Waals surface area contributed by atoms with Crippen molar-refractivity contribution < 1.29 is 0 Å². The second-order valence-electron chi connectivity index (χ2n) is 5.10. The SMILES string of the molecule is Clc1ccc(N=C(Cn2cncn2)SCc2ccc(Cl)cc2Cl)cc1. The molecule has 0 saturated heterocycles. The van der Waals surface area contributed by atoms with Gasteiger partial charge in [-0.05, 0) is 42.0 Å². The van der Waals surface area contributed by atoms with Gasteiger partial charge in [-0.1, -0.05) is 40.9 Å². The number of benzene rings is 2. The molecule has 0 aliphatic rings. The third kappa shape index (κ3) is 5.47. The van der Waals surface area contributed by atoms with Gasteiger partial charge in [-0.25, -0.2) is 14.7 Å². The van der Waals surface area contributed by atoms with Crippen molar-refractivity contribution in [1.82, 2.24) is 14.8 Å². The zero-order chi connectivity index (χ0) is 17.6. The van der Waals surface area contributed by atoms with E-state index in [0.717, 1.165) is 16.3 Å². The quantitative estimate of drug-likeness (QED) is 0.387. The van der Waals surface area contributed by atoms with Crippen molar-refractivity contribution in [2.45, 2.75) is 12.3 Å². The number of halogens is 3. The Balaban J connectivity index is 1.79. The summed E-state index contributed by atoms with van der Waals surface area (Å²) in [7, 11) is 0. The normalized spacial score (nSPS) is 11.7. The van der Waals surface area contributed by atoms with E-state index < -0.39 is 0 Å². The number of thioether (sulfide) groups is 1. The summed E-state index contributed by atoms with van der Waals surface area (Å²) in [5.74, 6) is 0.678. The van der Waals surface area contributed by atoms with Crippen molar-refractivity contribution in [3.8, 4) is 0 Å². The maximum Gasteiger partial charge on any atom is 0.137 e. The lowest BCUT2D eigenvalue weighted by Crippen LogP contribution is -2.08. The van der Waals surface area contributed by atoms with Gasteiger partial charge >= 0.3 is 0 Å². The molecule has 0 aliphatic heterocycles. The average molecular weight is 412 g/mol.